The van der Waals surface area contributed by atoms with Gasteiger partial charge in [-0.2, -0.15) is 0 Å². The van der Waals surface area contributed by atoms with Gasteiger partial charge >= 0.3 is 0 Å². The molecule has 0 aliphatic carbocycles. The van der Waals surface area contributed by atoms with E-state index in [1.165, 1.54) is 4.88 Å². The zero-order valence-corrected chi connectivity index (χ0v) is 10.1. The van der Waals surface area contributed by atoms with Crippen LogP contribution in [-0.2, 0) is 0 Å². The summed E-state index contributed by atoms with van der Waals surface area (Å²) in [7, 11) is 0. The van der Waals surface area contributed by atoms with Crippen molar-refractivity contribution in [1.82, 2.24) is 5.32 Å². The van der Waals surface area contributed by atoms with Crippen molar-refractivity contribution >= 4 is 27.3 Å². The van der Waals surface area contributed by atoms with Gasteiger partial charge in [-0.3, -0.25) is 0 Å². The first-order valence-electron chi connectivity index (χ1n) is 4.45. The second kappa shape index (κ2) is 5.75. The van der Waals surface area contributed by atoms with Gasteiger partial charge in [0.25, 0.3) is 0 Å². The van der Waals surface area contributed by atoms with Crippen molar-refractivity contribution in [3.8, 4) is 0 Å². The lowest BCUT2D eigenvalue weighted by Crippen LogP contribution is -2.27. The van der Waals surface area contributed by atoms with Gasteiger partial charge in [0.05, 0.1) is 6.04 Å². The Morgan fingerprint density at radius 2 is 2.46 bits per heavy atom. The molecular formula is C9H15BrN2S. The molecule has 0 saturated carbocycles. The van der Waals surface area contributed by atoms with Gasteiger partial charge < -0.3 is 11.1 Å². The van der Waals surface area contributed by atoms with Crippen molar-refractivity contribution in [2.24, 2.45) is 5.73 Å². The topological polar surface area (TPSA) is 38.0 Å². The van der Waals surface area contributed by atoms with Crippen LogP contribution >= 0.6 is 27.3 Å². The van der Waals surface area contributed by atoms with Crippen LogP contribution in [0, 0.1) is 0 Å². The van der Waals surface area contributed by atoms with Crippen molar-refractivity contribution in [3.63, 3.8) is 0 Å². The van der Waals surface area contributed by atoms with Crippen LogP contribution in [0.3, 0.4) is 0 Å². The largest absolute Gasteiger partial charge is 0.329 e. The van der Waals surface area contributed by atoms with Crippen molar-refractivity contribution < 1.29 is 0 Å². The molecular weight excluding hydrogens is 248 g/mol. The van der Waals surface area contributed by atoms with E-state index in [-0.39, 0.29) is 0 Å². The van der Waals surface area contributed by atoms with Gasteiger partial charge in [0.2, 0.25) is 0 Å². The van der Waals surface area contributed by atoms with Crippen LogP contribution in [0.25, 0.3) is 0 Å². The molecule has 13 heavy (non-hydrogen) atoms. The van der Waals surface area contributed by atoms with Gasteiger partial charge in [0.1, 0.15) is 0 Å². The van der Waals surface area contributed by atoms with Gasteiger partial charge in [-0.25, -0.2) is 0 Å². The summed E-state index contributed by atoms with van der Waals surface area (Å²) in [5.74, 6) is 0. The van der Waals surface area contributed by atoms with E-state index < -0.39 is 0 Å². The lowest BCUT2D eigenvalue weighted by atomic mass is 10.2. The first-order valence-corrected chi connectivity index (χ1v) is 6.12. The minimum atomic E-state index is 0.316. The molecule has 2 nitrogen and oxygen atoms in total. The van der Waals surface area contributed by atoms with E-state index in [0.29, 0.717) is 12.6 Å². The van der Waals surface area contributed by atoms with E-state index in [9.17, 15) is 0 Å². The molecule has 74 valence electrons. The van der Waals surface area contributed by atoms with E-state index in [4.69, 9.17) is 5.73 Å². The van der Waals surface area contributed by atoms with Crippen molar-refractivity contribution in [3.05, 3.63) is 20.8 Å². The van der Waals surface area contributed by atoms with Crippen LogP contribution in [0.4, 0.5) is 0 Å². The average molecular weight is 263 g/mol. The Morgan fingerprint density at radius 1 is 1.69 bits per heavy atom. The molecule has 3 N–H and O–H groups in total. The molecule has 0 fully saturated rings. The molecule has 0 saturated heterocycles. The van der Waals surface area contributed by atoms with Gasteiger partial charge in [-0.1, -0.05) is 6.92 Å². The van der Waals surface area contributed by atoms with Crippen LogP contribution in [-0.4, -0.2) is 13.1 Å². The highest BCUT2D eigenvalue weighted by atomic mass is 79.9. The molecule has 1 aromatic heterocycles. The van der Waals surface area contributed by atoms with Crippen molar-refractivity contribution in [2.45, 2.75) is 19.4 Å². The summed E-state index contributed by atoms with van der Waals surface area (Å²) in [5.41, 5.74) is 5.68. The maximum Gasteiger partial charge on any atom is 0.0539 e. The third-order valence-electron chi connectivity index (χ3n) is 1.81. The Bertz CT molecular complexity index is 250. The zero-order valence-electron chi connectivity index (χ0n) is 7.72. The molecule has 0 bridgehead atoms. The van der Waals surface area contributed by atoms with Gasteiger partial charge in [0, 0.05) is 21.3 Å². The number of halogens is 1. The Labute approximate surface area is 91.7 Å². The lowest BCUT2D eigenvalue weighted by molar-refractivity contribution is 0.547. The molecule has 0 amide bonds. The third-order valence-corrected chi connectivity index (χ3v) is 3.61. The van der Waals surface area contributed by atoms with E-state index in [1.807, 2.05) is 0 Å². The summed E-state index contributed by atoms with van der Waals surface area (Å²) in [4.78, 5) is 1.31. The Kier molecular flexibility index (Phi) is 4.94. The minimum Gasteiger partial charge on any atom is -0.329 e. The Balaban J connectivity index is 2.56. The molecule has 0 aliphatic rings. The standard InChI is InChI=1S/C9H15BrN2S/c1-2-3-12-8(5-11)9-4-7(10)6-13-9/h4,6,8,12H,2-3,5,11H2,1H3. The normalized spacial score (nSPS) is 13.2. The van der Waals surface area contributed by atoms with Gasteiger partial charge in [-0.15, -0.1) is 11.3 Å². The van der Waals surface area contributed by atoms with Gasteiger partial charge in [0.15, 0.2) is 0 Å². The van der Waals surface area contributed by atoms with Crippen LogP contribution in [0.2, 0.25) is 0 Å². The predicted octanol–water partition coefficient (Wildman–Crippen LogP) is 2.51. The van der Waals surface area contributed by atoms with E-state index in [2.05, 4.69) is 39.6 Å². The molecule has 1 rings (SSSR count). The third kappa shape index (κ3) is 3.38. The van der Waals surface area contributed by atoms with Gasteiger partial charge in [-0.05, 0) is 35.0 Å². The minimum absolute atomic E-state index is 0.316. The highest BCUT2D eigenvalue weighted by Gasteiger charge is 2.09. The quantitative estimate of drug-likeness (QED) is 0.856. The predicted molar refractivity (Wildman–Crippen MR) is 62.1 cm³/mol. The van der Waals surface area contributed by atoms with E-state index >= 15 is 0 Å². The summed E-state index contributed by atoms with van der Waals surface area (Å²) in [6.07, 6.45) is 1.14. The number of nitrogens with one attached hydrogen (secondary N) is 1. The van der Waals surface area contributed by atoms with Crippen molar-refractivity contribution in [1.29, 1.82) is 0 Å². The second-order valence-electron chi connectivity index (χ2n) is 2.91. The number of rotatable bonds is 5. The van der Waals surface area contributed by atoms with E-state index in [1.54, 1.807) is 11.3 Å². The SMILES string of the molecule is CCCNC(CN)c1cc(Br)cs1. The number of hydrogen-bond donors (Lipinski definition) is 2. The number of thiophene rings is 1. The molecule has 0 radical (unpaired) electrons. The molecule has 0 aliphatic heterocycles. The highest BCUT2D eigenvalue weighted by Crippen LogP contribution is 2.24. The summed E-state index contributed by atoms with van der Waals surface area (Å²) in [5, 5.41) is 5.50. The van der Waals surface area contributed by atoms with Crippen LogP contribution in [0.15, 0.2) is 15.9 Å². The van der Waals surface area contributed by atoms with Crippen LogP contribution < -0.4 is 11.1 Å². The van der Waals surface area contributed by atoms with Crippen LogP contribution in [0.1, 0.15) is 24.3 Å². The summed E-state index contributed by atoms with van der Waals surface area (Å²) in [6, 6.07) is 2.45. The molecule has 0 aromatic carbocycles. The molecule has 1 unspecified atom stereocenters. The molecule has 1 atom stereocenters. The highest BCUT2D eigenvalue weighted by molar-refractivity contribution is 9.10. The molecule has 0 spiro atoms. The maximum absolute atomic E-state index is 5.68. The lowest BCUT2D eigenvalue weighted by Gasteiger charge is -2.13. The first kappa shape index (κ1) is 11.2. The molecule has 1 aromatic rings. The maximum atomic E-state index is 5.68. The summed E-state index contributed by atoms with van der Waals surface area (Å²) in [6.45, 7) is 3.84. The summed E-state index contributed by atoms with van der Waals surface area (Å²) >= 11 is 5.18. The fraction of sp³-hybridized carbons (Fsp3) is 0.556. The number of hydrogen-bond acceptors (Lipinski definition) is 3. The van der Waals surface area contributed by atoms with E-state index in [0.717, 1.165) is 17.4 Å². The zero-order chi connectivity index (χ0) is 9.68. The number of nitrogens with two attached hydrogens (primary N) is 1. The second-order valence-corrected chi connectivity index (χ2v) is 4.77. The fourth-order valence-corrected chi connectivity index (χ4v) is 2.66. The first-order chi connectivity index (χ1) is 6.27. The van der Waals surface area contributed by atoms with Crippen molar-refractivity contribution in [2.75, 3.05) is 13.1 Å². The van der Waals surface area contributed by atoms with Crippen LogP contribution in [0.5, 0.6) is 0 Å². The molecule has 4 heteroatoms. The summed E-state index contributed by atoms with van der Waals surface area (Å²) < 4.78 is 1.14. The Hall–Kier alpha value is 0.1000. The molecule has 1 heterocycles. The Morgan fingerprint density at radius 3 is 2.92 bits per heavy atom. The fourth-order valence-electron chi connectivity index (χ4n) is 1.13. The smallest absolute Gasteiger partial charge is 0.0539 e. The average Bonchev–Trinajstić information content (AvgIpc) is 2.54. The monoisotopic (exact) mass is 262 g/mol.